The predicted octanol–water partition coefficient (Wildman–Crippen LogP) is 3.12. The summed E-state index contributed by atoms with van der Waals surface area (Å²) in [7, 11) is 0. The van der Waals surface area contributed by atoms with Gasteiger partial charge in [0.2, 0.25) is 0 Å². The lowest BCUT2D eigenvalue weighted by molar-refractivity contribution is -0.120. The van der Waals surface area contributed by atoms with E-state index < -0.39 is 11.8 Å². The van der Waals surface area contributed by atoms with E-state index in [2.05, 4.69) is 0 Å². The lowest BCUT2D eigenvalue weighted by Crippen LogP contribution is -2.32. The van der Waals surface area contributed by atoms with Crippen molar-refractivity contribution in [3.05, 3.63) is 39.4 Å². The first-order valence-corrected chi connectivity index (χ1v) is 6.27. The van der Waals surface area contributed by atoms with Gasteiger partial charge in [0.15, 0.2) is 0 Å². The maximum Gasteiger partial charge on any atom is 0.278 e. The van der Waals surface area contributed by atoms with Crippen LogP contribution in [-0.4, -0.2) is 11.8 Å². The molecule has 2 amide bonds. The molecule has 0 aliphatic carbocycles. The Kier molecular flexibility index (Phi) is 3.46. The Hall–Kier alpha value is -1.32. The average Bonchev–Trinajstić information content (AvgIpc) is 2.54. The van der Waals surface area contributed by atoms with Crippen molar-refractivity contribution in [2.45, 2.75) is 20.3 Å². The molecule has 1 aromatic rings. The predicted molar refractivity (Wildman–Crippen MR) is 71.8 cm³/mol. The molecule has 18 heavy (non-hydrogen) atoms. The maximum absolute atomic E-state index is 12.0. The number of carbonyl (C=O) groups is 2. The number of nitrogens with zero attached hydrogens (tertiary/aromatic N) is 1. The number of anilines is 1. The molecule has 1 aliphatic rings. The van der Waals surface area contributed by atoms with Gasteiger partial charge >= 0.3 is 0 Å². The fraction of sp³-hybridized carbons (Fsp3) is 0.231. The van der Waals surface area contributed by atoms with Crippen molar-refractivity contribution in [2.75, 3.05) is 4.90 Å². The van der Waals surface area contributed by atoms with Crippen LogP contribution in [0.1, 0.15) is 18.1 Å². The van der Waals surface area contributed by atoms with Gasteiger partial charge in [-0.1, -0.05) is 48.3 Å². The van der Waals surface area contributed by atoms with Gasteiger partial charge in [-0.2, -0.15) is 0 Å². The highest BCUT2D eigenvalue weighted by molar-refractivity contribution is 6.62. The summed E-state index contributed by atoms with van der Waals surface area (Å²) in [5.74, 6) is -1.12. The summed E-state index contributed by atoms with van der Waals surface area (Å²) in [6, 6.07) is 5.61. The van der Waals surface area contributed by atoms with Gasteiger partial charge in [0.1, 0.15) is 10.1 Å². The third kappa shape index (κ3) is 1.84. The number of para-hydroxylation sites is 1. The summed E-state index contributed by atoms with van der Waals surface area (Å²) in [6.45, 7) is 3.80. The second-order valence-corrected chi connectivity index (χ2v) is 4.77. The van der Waals surface area contributed by atoms with Crippen LogP contribution in [0, 0.1) is 6.92 Å². The van der Waals surface area contributed by atoms with Crippen LogP contribution in [0.3, 0.4) is 0 Å². The molecule has 0 spiro atoms. The Morgan fingerprint density at radius 1 is 1.11 bits per heavy atom. The molecule has 1 heterocycles. The first-order valence-electron chi connectivity index (χ1n) is 5.51. The molecule has 0 aromatic heterocycles. The minimum absolute atomic E-state index is 0.216. The molecule has 0 saturated heterocycles. The number of rotatable bonds is 2. The Bertz CT molecular complexity index is 554. The SMILES string of the molecule is CCc1cccc(C)c1N1C(=O)C(Cl)=C(Cl)C1=O. The lowest BCUT2D eigenvalue weighted by atomic mass is 10.0. The largest absolute Gasteiger partial charge is 0.278 e. The molecule has 0 radical (unpaired) electrons. The van der Waals surface area contributed by atoms with Gasteiger partial charge in [-0.3, -0.25) is 9.59 Å². The van der Waals surface area contributed by atoms with Crippen molar-refractivity contribution < 1.29 is 9.59 Å². The molecule has 1 aliphatic heterocycles. The van der Waals surface area contributed by atoms with E-state index >= 15 is 0 Å². The standard InChI is InChI=1S/C13H11Cl2NO2/c1-3-8-6-4-5-7(2)11(8)16-12(17)9(14)10(15)13(16)18/h4-6H,3H2,1-2H3. The van der Waals surface area contributed by atoms with E-state index in [1.165, 1.54) is 0 Å². The Balaban J connectivity index is 2.59. The second kappa shape index (κ2) is 4.75. The van der Waals surface area contributed by atoms with Crippen LogP contribution in [0.2, 0.25) is 0 Å². The topological polar surface area (TPSA) is 37.4 Å². The van der Waals surface area contributed by atoms with E-state index in [0.29, 0.717) is 12.1 Å². The van der Waals surface area contributed by atoms with Gasteiger partial charge in [0.25, 0.3) is 11.8 Å². The molecule has 5 heteroatoms. The van der Waals surface area contributed by atoms with Crippen LogP contribution >= 0.6 is 23.2 Å². The molecule has 0 unspecified atom stereocenters. The van der Waals surface area contributed by atoms with Crippen LogP contribution in [0.15, 0.2) is 28.3 Å². The number of hydrogen-bond acceptors (Lipinski definition) is 2. The molecule has 0 saturated carbocycles. The zero-order valence-corrected chi connectivity index (χ0v) is 11.5. The zero-order chi connectivity index (χ0) is 13.4. The van der Waals surface area contributed by atoms with Gasteiger partial charge in [-0.15, -0.1) is 0 Å². The van der Waals surface area contributed by atoms with Gasteiger partial charge in [0, 0.05) is 0 Å². The van der Waals surface area contributed by atoms with Crippen molar-refractivity contribution in [3.63, 3.8) is 0 Å². The normalized spacial score (nSPS) is 15.9. The quantitative estimate of drug-likeness (QED) is 0.782. The highest BCUT2D eigenvalue weighted by Crippen LogP contribution is 2.35. The van der Waals surface area contributed by atoms with E-state index in [4.69, 9.17) is 23.2 Å². The molecular weight excluding hydrogens is 273 g/mol. The van der Waals surface area contributed by atoms with Crippen molar-refractivity contribution in [3.8, 4) is 0 Å². The number of halogens is 2. The number of aryl methyl sites for hydroxylation is 2. The Labute approximate surface area is 115 Å². The fourth-order valence-electron chi connectivity index (χ4n) is 2.00. The van der Waals surface area contributed by atoms with Crippen LogP contribution in [0.4, 0.5) is 5.69 Å². The average molecular weight is 284 g/mol. The molecule has 1 aromatic carbocycles. The van der Waals surface area contributed by atoms with Crippen LogP contribution in [0.5, 0.6) is 0 Å². The number of hydrogen-bond donors (Lipinski definition) is 0. The molecule has 0 atom stereocenters. The minimum atomic E-state index is -0.560. The second-order valence-electron chi connectivity index (χ2n) is 4.01. The number of amides is 2. The Morgan fingerprint density at radius 3 is 2.17 bits per heavy atom. The monoisotopic (exact) mass is 283 g/mol. The molecule has 2 rings (SSSR count). The molecule has 0 bridgehead atoms. The third-order valence-electron chi connectivity index (χ3n) is 2.90. The van der Waals surface area contributed by atoms with Crippen molar-refractivity contribution in [2.24, 2.45) is 0 Å². The van der Waals surface area contributed by atoms with Crippen molar-refractivity contribution >= 4 is 40.7 Å². The highest BCUT2D eigenvalue weighted by Gasteiger charge is 2.39. The summed E-state index contributed by atoms with van der Waals surface area (Å²) in [4.78, 5) is 25.0. The van der Waals surface area contributed by atoms with Crippen molar-refractivity contribution in [1.82, 2.24) is 0 Å². The number of imide groups is 1. The third-order valence-corrected chi connectivity index (χ3v) is 3.70. The van der Waals surface area contributed by atoms with Gasteiger partial charge in [-0.05, 0) is 24.5 Å². The van der Waals surface area contributed by atoms with E-state index in [1.54, 1.807) is 0 Å². The summed E-state index contributed by atoms with van der Waals surface area (Å²) < 4.78 is 0. The van der Waals surface area contributed by atoms with Gasteiger partial charge in [-0.25, -0.2) is 4.90 Å². The smallest absolute Gasteiger partial charge is 0.267 e. The Morgan fingerprint density at radius 2 is 1.67 bits per heavy atom. The van der Waals surface area contributed by atoms with Crippen LogP contribution in [-0.2, 0) is 16.0 Å². The van der Waals surface area contributed by atoms with Crippen molar-refractivity contribution in [1.29, 1.82) is 0 Å². The van der Waals surface area contributed by atoms with Crippen LogP contribution < -0.4 is 4.90 Å². The van der Waals surface area contributed by atoms with E-state index in [0.717, 1.165) is 16.0 Å². The van der Waals surface area contributed by atoms with Gasteiger partial charge < -0.3 is 0 Å². The van der Waals surface area contributed by atoms with Crippen LogP contribution in [0.25, 0.3) is 0 Å². The minimum Gasteiger partial charge on any atom is -0.267 e. The molecule has 0 fully saturated rings. The van der Waals surface area contributed by atoms with Gasteiger partial charge in [0.05, 0.1) is 5.69 Å². The fourth-order valence-corrected chi connectivity index (χ4v) is 2.34. The number of benzene rings is 1. The molecule has 3 nitrogen and oxygen atoms in total. The zero-order valence-electron chi connectivity index (χ0n) is 9.96. The lowest BCUT2D eigenvalue weighted by Gasteiger charge is -2.20. The summed E-state index contributed by atoms with van der Waals surface area (Å²) in [5, 5.41) is -0.432. The number of carbonyl (C=O) groups excluding carboxylic acids is 2. The van der Waals surface area contributed by atoms with E-state index in [1.807, 2.05) is 32.0 Å². The molecule has 0 N–H and O–H groups in total. The first kappa shape index (κ1) is 13.1. The summed E-state index contributed by atoms with van der Waals surface area (Å²) in [6.07, 6.45) is 0.712. The summed E-state index contributed by atoms with van der Waals surface area (Å²) in [5.41, 5.74) is 2.34. The molecular formula is C13H11Cl2NO2. The van der Waals surface area contributed by atoms with E-state index in [-0.39, 0.29) is 10.1 Å². The highest BCUT2D eigenvalue weighted by atomic mass is 35.5. The van der Waals surface area contributed by atoms with E-state index in [9.17, 15) is 9.59 Å². The first-order chi connectivity index (χ1) is 8.49. The summed E-state index contributed by atoms with van der Waals surface area (Å²) >= 11 is 11.5. The molecule has 94 valence electrons. The maximum atomic E-state index is 12.0.